The van der Waals surface area contributed by atoms with Crippen LogP contribution < -0.4 is 10.2 Å². The quantitative estimate of drug-likeness (QED) is 0.885. The van der Waals surface area contributed by atoms with Crippen molar-refractivity contribution in [3.63, 3.8) is 0 Å². The number of aromatic nitrogens is 2. The highest BCUT2D eigenvalue weighted by Gasteiger charge is 2.35. The number of nitrogens with zero attached hydrogens (tertiary/aromatic N) is 4. The largest absolute Gasteiger partial charge is 0.377 e. The van der Waals surface area contributed by atoms with E-state index < -0.39 is 0 Å². The minimum atomic E-state index is 0.122. The molecule has 3 rings (SSSR count). The third-order valence-electron chi connectivity index (χ3n) is 5.28. The van der Waals surface area contributed by atoms with E-state index in [4.69, 9.17) is 4.74 Å². The van der Waals surface area contributed by atoms with Crippen LogP contribution in [-0.2, 0) is 9.53 Å². The third kappa shape index (κ3) is 4.44. The summed E-state index contributed by atoms with van der Waals surface area (Å²) in [5, 5.41) is 3.46. The van der Waals surface area contributed by atoms with Crippen molar-refractivity contribution in [1.29, 1.82) is 0 Å². The molecule has 1 amide bonds. The van der Waals surface area contributed by atoms with Crippen molar-refractivity contribution < 1.29 is 9.53 Å². The van der Waals surface area contributed by atoms with E-state index in [1.165, 1.54) is 6.42 Å². The number of hydrogen-bond donors (Lipinski definition) is 1. The first-order chi connectivity index (χ1) is 12.3. The molecule has 0 saturated carbocycles. The Labute approximate surface area is 156 Å². The van der Waals surface area contributed by atoms with Gasteiger partial charge in [-0.25, -0.2) is 9.97 Å². The van der Waals surface area contributed by atoms with Gasteiger partial charge in [0.2, 0.25) is 5.91 Å². The highest BCUT2D eigenvalue weighted by molar-refractivity contribution is 5.82. The number of hydrogen-bond acceptors (Lipinski definition) is 6. The second kappa shape index (κ2) is 7.78. The fourth-order valence-electron chi connectivity index (χ4n) is 3.82. The lowest BCUT2D eigenvalue weighted by Gasteiger charge is -2.40. The highest BCUT2D eigenvalue weighted by atomic mass is 16.5. The van der Waals surface area contributed by atoms with Gasteiger partial charge in [-0.2, -0.15) is 0 Å². The van der Waals surface area contributed by atoms with Gasteiger partial charge in [-0.3, -0.25) is 4.79 Å². The summed E-state index contributed by atoms with van der Waals surface area (Å²) in [6.07, 6.45) is 4.09. The SMILES string of the molecule is CN1CCN(c2cc(NCC3CCCOC3C(C)(C)C)ncn2)CC1=O. The number of amides is 1. The number of anilines is 2. The van der Waals surface area contributed by atoms with Crippen molar-refractivity contribution in [3.8, 4) is 0 Å². The first-order valence-corrected chi connectivity index (χ1v) is 9.51. The van der Waals surface area contributed by atoms with E-state index in [2.05, 4.69) is 36.1 Å². The van der Waals surface area contributed by atoms with E-state index in [1.54, 1.807) is 11.2 Å². The van der Waals surface area contributed by atoms with E-state index in [-0.39, 0.29) is 17.4 Å². The zero-order chi connectivity index (χ0) is 18.7. The number of likely N-dealkylation sites (N-methyl/N-ethyl adjacent to an activating group) is 1. The van der Waals surface area contributed by atoms with Gasteiger partial charge >= 0.3 is 0 Å². The lowest BCUT2D eigenvalue weighted by molar-refractivity contribution is -0.129. The van der Waals surface area contributed by atoms with Crippen molar-refractivity contribution in [3.05, 3.63) is 12.4 Å². The maximum atomic E-state index is 11.9. The third-order valence-corrected chi connectivity index (χ3v) is 5.28. The van der Waals surface area contributed by atoms with E-state index >= 15 is 0 Å². The number of piperazine rings is 1. The van der Waals surface area contributed by atoms with Gasteiger partial charge in [0.1, 0.15) is 18.0 Å². The van der Waals surface area contributed by atoms with E-state index in [0.717, 1.165) is 44.3 Å². The van der Waals surface area contributed by atoms with Crippen molar-refractivity contribution in [2.24, 2.45) is 11.3 Å². The molecule has 2 fully saturated rings. The molecule has 7 nitrogen and oxygen atoms in total. The monoisotopic (exact) mass is 361 g/mol. The molecule has 2 aliphatic rings. The number of ether oxygens (including phenoxy) is 1. The van der Waals surface area contributed by atoms with Gasteiger partial charge in [0, 0.05) is 45.3 Å². The van der Waals surface area contributed by atoms with E-state index in [0.29, 0.717) is 12.5 Å². The molecule has 26 heavy (non-hydrogen) atoms. The summed E-state index contributed by atoms with van der Waals surface area (Å²) in [6, 6.07) is 1.94. The Morgan fingerprint density at radius 3 is 2.85 bits per heavy atom. The molecular weight excluding hydrogens is 330 g/mol. The van der Waals surface area contributed by atoms with Gasteiger partial charge in [0.05, 0.1) is 12.6 Å². The van der Waals surface area contributed by atoms with Crippen LogP contribution in [0.1, 0.15) is 33.6 Å². The van der Waals surface area contributed by atoms with Crippen LogP contribution in [0.4, 0.5) is 11.6 Å². The van der Waals surface area contributed by atoms with Gasteiger partial charge < -0.3 is 19.9 Å². The second-order valence-electron chi connectivity index (χ2n) is 8.44. The van der Waals surface area contributed by atoms with Crippen LogP contribution in [0.3, 0.4) is 0 Å². The molecule has 1 N–H and O–H groups in total. The lowest BCUT2D eigenvalue weighted by atomic mass is 9.78. The molecule has 0 aromatic carbocycles. The molecule has 7 heteroatoms. The Bertz CT molecular complexity index is 631. The summed E-state index contributed by atoms with van der Waals surface area (Å²) in [4.78, 5) is 24.4. The summed E-state index contributed by atoms with van der Waals surface area (Å²) in [7, 11) is 1.84. The predicted molar refractivity (Wildman–Crippen MR) is 102 cm³/mol. The molecule has 2 unspecified atom stereocenters. The van der Waals surface area contributed by atoms with Crippen LogP contribution in [0.5, 0.6) is 0 Å². The maximum Gasteiger partial charge on any atom is 0.241 e. The Morgan fingerprint density at radius 1 is 1.31 bits per heavy atom. The average Bonchev–Trinajstić information content (AvgIpc) is 2.62. The number of carbonyl (C=O) groups is 1. The fourth-order valence-corrected chi connectivity index (χ4v) is 3.82. The first kappa shape index (κ1) is 18.9. The zero-order valence-electron chi connectivity index (χ0n) is 16.4. The Morgan fingerprint density at radius 2 is 2.12 bits per heavy atom. The van der Waals surface area contributed by atoms with Gasteiger partial charge in [0.25, 0.3) is 0 Å². The summed E-state index contributed by atoms with van der Waals surface area (Å²) in [5.41, 5.74) is 0.129. The molecule has 0 spiro atoms. The van der Waals surface area contributed by atoms with E-state index in [1.807, 2.05) is 18.0 Å². The summed E-state index contributed by atoms with van der Waals surface area (Å²) in [5.74, 6) is 2.19. The molecule has 0 bridgehead atoms. The Kier molecular flexibility index (Phi) is 5.65. The van der Waals surface area contributed by atoms with Crippen LogP contribution in [0.25, 0.3) is 0 Å². The van der Waals surface area contributed by atoms with Gasteiger partial charge in [-0.15, -0.1) is 0 Å². The van der Waals surface area contributed by atoms with Crippen molar-refractivity contribution in [1.82, 2.24) is 14.9 Å². The van der Waals surface area contributed by atoms with Crippen molar-refractivity contribution in [2.45, 2.75) is 39.7 Å². The van der Waals surface area contributed by atoms with Crippen LogP contribution in [0.2, 0.25) is 0 Å². The van der Waals surface area contributed by atoms with Crippen LogP contribution in [0.15, 0.2) is 12.4 Å². The normalized spacial score (nSPS) is 24.7. The average molecular weight is 361 g/mol. The molecule has 1 aromatic rings. The molecule has 144 valence electrons. The van der Waals surface area contributed by atoms with Gasteiger partial charge in [-0.05, 0) is 18.3 Å². The van der Waals surface area contributed by atoms with Crippen molar-refractivity contribution in [2.75, 3.05) is 50.1 Å². The summed E-state index contributed by atoms with van der Waals surface area (Å²) in [6.45, 7) is 10.3. The molecule has 0 aliphatic carbocycles. The minimum Gasteiger partial charge on any atom is -0.377 e. The van der Waals surface area contributed by atoms with Crippen LogP contribution in [-0.4, -0.2) is 66.7 Å². The number of rotatable bonds is 4. The summed E-state index contributed by atoms with van der Waals surface area (Å²) < 4.78 is 6.06. The number of carbonyl (C=O) groups excluding carboxylic acids is 1. The van der Waals surface area contributed by atoms with Gasteiger partial charge in [-0.1, -0.05) is 20.8 Å². The standard InChI is InChI=1S/C19H31N5O2/c1-19(2,3)18-14(6-5-9-26-18)11-20-15-10-16(22-13-21-15)24-8-7-23(4)17(25)12-24/h10,13-14,18H,5-9,11-12H2,1-4H3,(H,20,21,22). The molecule has 3 heterocycles. The fraction of sp³-hybridized carbons (Fsp3) is 0.737. The Balaban J connectivity index is 1.63. The Hall–Kier alpha value is -1.89. The van der Waals surface area contributed by atoms with E-state index in [9.17, 15) is 4.79 Å². The molecule has 2 aliphatic heterocycles. The second-order valence-corrected chi connectivity index (χ2v) is 8.44. The number of nitrogens with one attached hydrogen (secondary N) is 1. The topological polar surface area (TPSA) is 70.6 Å². The smallest absolute Gasteiger partial charge is 0.241 e. The minimum absolute atomic E-state index is 0.122. The molecule has 2 atom stereocenters. The highest BCUT2D eigenvalue weighted by Crippen LogP contribution is 2.34. The molecular formula is C19H31N5O2. The van der Waals surface area contributed by atoms with Crippen LogP contribution >= 0.6 is 0 Å². The predicted octanol–water partition coefficient (Wildman–Crippen LogP) is 2.01. The first-order valence-electron chi connectivity index (χ1n) is 9.51. The molecule has 2 saturated heterocycles. The zero-order valence-corrected chi connectivity index (χ0v) is 16.4. The molecule has 1 aromatic heterocycles. The maximum absolute atomic E-state index is 11.9. The molecule has 0 radical (unpaired) electrons. The van der Waals surface area contributed by atoms with Crippen molar-refractivity contribution >= 4 is 17.5 Å². The lowest BCUT2D eigenvalue weighted by Crippen LogP contribution is -2.48. The summed E-state index contributed by atoms with van der Waals surface area (Å²) >= 11 is 0. The van der Waals surface area contributed by atoms with Gasteiger partial charge in [0.15, 0.2) is 0 Å². The van der Waals surface area contributed by atoms with Crippen LogP contribution in [0, 0.1) is 11.3 Å².